The van der Waals surface area contributed by atoms with E-state index < -0.39 is 22.0 Å². The number of nitrogens with one attached hydrogen (secondary N) is 1. The Morgan fingerprint density at radius 1 is 1.00 bits per heavy atom. The summed E-state index contributed by atoms with van der Waals surface area (Å²) in [6.07, 6.45) is 1.94. The summed E-state index contributed by atoms with van der Waals surface area (Å²) < 4.78 is 27.2. The molecule has 0 aliphatic carbocycles. The summed E-state index contributed by atoms with van der Waals surface area (Å²) in [5, 5.41) is 2.73. The van der Waals surface area contributed by atoms with Gasteiger partial charge in [0.1, 0.15) is 6.04 Å². The van der Waals surface area contributed by atoms with Gasteiger partial charge >= 0.3 is 0 Å². The topological polar surface area (TPSA) is 110 Å². The highest BCUT2D eigenvalue weighted by molar-refractivity contribution is 7.89. The van der Waals surface area contributed by atoms with E-state index in [4.69, 9.17) is 5.73 Å². The number of sulfonamides is 1. The summed E-state index contributed by atoms with van der Waals surface area (Å²) in [6, 6.07) is 13.5. The predicted molar refractivity (Wildman–Crippen MR) is 102 cm³/mol. The van der Waals surface area contributed by atoms with Crippen LogP contribution in [0.4, 0.5) is 5.69 Å². The lowest BCUT2D eigenvalue weighted by atomic mass is 10.0. The van der Waals surface area contributed by atoms with E-state index in [2.05, 4.69) is 5.32 Å². The zero-order valence-electron chi connectivity index (χ0n) is 14.7. The van der Waals surface area contributed by atoms with Gasteiger partial charge in [-0.25, -0.2) is 8.42 Å². The van der Waals surface area contributed by atoms with Gasteiger partial charge in [-0.2, -0.15) is 4.31 Å². The van der Waals surface area contributed by atoms with Crippen LogP contribution in [0.2, 0.25) is 0 Å². The van der Waals surface area contributed by atoms with Crippen molar-refractivity contribution in [3.8, 4) is 0 Å². The second-order valence-corrected chi connectivity index (χ2v) is 8.26. The molecule has 2 aromatic rings. The highest BCUT2D eigenvalue weighted by Crippen LogP contribution is 2.26. The maximum Gasteiger partial charge on any atom is 0.248 e. The Morgan fingerprint density at radius 3 is 2.30 bits per heavy atom. The average molecular weight is 387 g/mol. The van der Waals surface area contributed by atoms with E-state index in [0.717, 1.165) is 6.42 Å². The number of primary amides is 1. The van der Waals surface area contributed by atoms with Crippen LogP contribution in [0.5, 0.6) is 0 Å². The van der Waals surface area contributed by atoms with E-state index in [9.17, 15) is 18.0 Å². The monoisotopic (exact) mass is 387 g/mol. The number of hydrogen-bond acceptors (Lipinski definition) is 4. The molecule has 1 heterocycles. The molecule has 1 atom stereocenters. The maximum absolute atomic E-state index is 13.0. The Bertz CT molecular complexity index is 927. The highest BCUT2D eigenvalue weighted by Gasteiger charge is 2.37. The molecular weight excluding hydrogens is 366 g/mol. The number of carbonyl (C=O) groups excluding carboxylic acids is 2. The van der Waals surface area contributed by atoms with E-state index in [0.29, 0.717) is 30.6 Å². The SMILES string of the molecule is NC(=O)c1ccc(NC(=O)[C@H]2CCCCN2S(=O)(=O)c2ccccc2)cc1. The normalized spacial score (nSPS) is 18.0. The first-order valence-corrected chi connectivity index (χ1v) is 10.1. The largest absolute Gasteiger partial charge is 0.366 e. The second-order valence-electron chi connectivity index (χ2n) is 6.37. The van der Waals surface area contributed by atoms with Crippen LogP contribution < -0.4 is 11.1 Å². The number of nitrogens with zero attached hydrogens (tertiary/aromatic N) is 1. The molecular formula is C19H21N3O4S. The van der Waals surface area contributed by atoms with E-state index in [1.807, 2.05) is 0 Å². The fourth-order valence-electron chi connectivity index (χ4n) is 3.13. The van der Waals surface area contributed by atoms with Crippen LogP contribution in [0.15, 0.2) is 59.5 Å². The van der Waals surface area contributed by atoms with Crippen molar-refractivity contribution in [3.63, 3.8) is 0 Å². The molecule has 27 heavy (non-hydrogen) atoms. The molecule has 3 N–H and O–H groups in total. The van der Waals surface area contributed by atoms with Crippen molar-refractivity contribution in [1.82, 2.24) is 4.31 Å². The van der Waals surface area contributed by atoms with Gasteiger partial charge in [-0.15, -0.1) is 0 Å². The Kier molecular flexibility index (Phi) is 5.57. The summed E-state index contributed by atoms with van der Waals surface area (Å²) in [7, 11) is -3.76. The molecule has 1 aliphatic heterocycles. The summed E-state index contributed by atoms with van der Waals surface area (Å²) >= 11 is 0. The van der Waals surface area contributed by atoms with Crippen LogP contribution in [-0.2, 0) is 14.8 Å². The van der Waals surface area contributed by atoms with Crippen molar-refractivity contribution in [3.05, 3.63) is 60.2 Å². The number of nitrogens with two attached hydrogens (primary N) is 1. The van der Waals surface area contributed by atoms with Crippen LogP contribution in [-0.4, -0.2) is 37.1 Å². The molecule has 142 valence electrons. The molecule has 0 saturated carbocycles. The first-order valence-electron chi connectivity index (χ1n) is 8.67. The molecule has 0 bridgehead atoms. The molecule has 7 nitrogen and oxygen atoms in total. The van der Waals surface area contributed by atoms with Crippen LogP contribution in [0.3, 0.4) is 0 Å². The van der Waals surface area contributed by atoms with Crippen LogP contribution in [0.1, 0.15) is 29.6 Å². The van der Waals surface area contributed by atoms with Crippen LogP contribution >= 0.6 is 0 Å². The second kappa shape index (κ2) is 7.89. The average Bonchev–Trinajstić information content (AvgIpc) is 2.69. The number of anilines is 1. The van der Waals surface area contributed by atoms with Gasteiger partial charge in [0.2, 0.25) is 21.8 Å². The standard InChI is InChI=1S/C19H21N3O4S/c20-18(23)14-9-11-15(12-10-14)21-19(24)17-8-4-5-13-22(17)27(25,26)16-6-2-1-3-7-16/h1-3,6-7,9-12,17H,4-5,8,13H2,(H2,20,23)(H,21,24)/t17-/m1/s1. The van der Waals surface area contributed by atoms with Crippen molar-refractivity contribution in [2.24, 2.45) is 5.73 Å². The number of hydrogen-bond donors (Lipinski definition) is 2. The molecule has 8 heteroatoms. The smallest absolute Gasteiger partial charge is 0.248 e. The number of rotatable bonds is 5. The predicted octanol–water partition coefficient (Wildman–Crippen LogP) is 1.97. The van der Waals surface area contributed by atoms with E-state index >= 15 is 0 Å². The maximum atomic E-state index is 13.0. The fraction of sp³-hybridized carbons (Fsp3) is 0.263. The fourth-order valence-corrected chi connectivity index (χ4v) is 4.80. The molecule has 0 aromatic heterocycles. The van der Waals surface area contributed by atoms with Crippen molar-refractivity contribution in [2.75, 3.05) is 11.9 Å². The van der Waals surface area contributed by atoms with Crippen molar-refractivity contribution < 1.29 is 18.0 Å². The van der Waals surface area contributed by atoms with Gasteiger partial charge < -0.3 is 11.1 Å². The van der Waals surface area contributed by atoms with E-state index in [-0.39, 0.29) is 10.8 Å². The molecule has 1 saturated heterocycles. The Balaban J connectivity index is 1.80. The van der Waals surface area contributed by atoms with E-state index in [1.165, 1.54) is 28.6 Å². The number of amides is 2. The van der Waals surface area contributed by atoms with Gasteiger partial charge in [0.15, 0.2) is 0 Å². The number of piperidine rings is 1. The first-order chi connectivity index (χ1) is 12.9. The van der Waals surface area contributed by atoms with Crippen LogP contribution in [0.25, 0.3) is 0 Å². The third-order valence-electron chi connectivity index (χ3n) is 4.54. The van der Waals surface area contributed by atoms with Gasteiger partial charge in [0.25, 0.3) is 0 Å². The van der Waals surface area contributed by atoms with Crippen LogP contribution in [0, 0.1) is 0 Å². The molecule has 1 aliphatic rings. The Hall–Kier alpha value is -2.71. The van der Waals surface area contributed by atoms with Gasteiger partial charge in [-0.1, -0.05) is 24.6 Å². The zero-order chi connectivity index (χ0) is 19.4. The lowest BCUT2D eigenvalue weighted by molar-refractivity contribution is -0.120. The summed E-state index contributed by atoms with van der Waals surface area (Å²) in [4.78, 5) is 24.1. The van der Waals surface area contributed by atoms with Crippen molar-refractivity contribution in [2.45, 2.75) is 30.2 Å². The lowest BCUT2D eigenvalue weighted by Gasteiger charge is -2.33. The van der Waals surface area contributed by atoms with Gasteiger partial charge in [-0.3, -0.25) is 9.59 Å². The molecule has 2 amide bonds. The molecule has 1 fully saturated rings. The zero-order valence-corrected chi connectivity index (χ0v) is 15.5. The lowest BCUT2D eigenvalue weighted by Crippen LogP contribution is -2.49. The van der Waals surface area contributed by atoms with Crippen molar-refractivity contribution >= 4 is 27.5 Å². The minimum atomic E-state index is -3.76. The third-order valence-corrected chi connectivity index (χ3v) is 6.47. The minimum Gasteiger partial charge on any atom is -0.366 e. The van der Waals surface area contributed by atoms with Gasteiger partial charge in [0, 0.05) is 17.8 Å². The van der Waals surface area contributed by atoms with E-state index in [1.54, 1.807) is 30.3 Å². The first kappa shape index (κ1) is 19.1. The Labute approximate surface area is 158 Å². The Morgan fingerprint density at radius 2 is 1.67 bits per heavy atom. The summed E-state index contributed by atoms with van der Waals surface area (Å²) in [5.41, 5.74) is 6.02. The molecule has 2 aromatic carbocycles. The summed E-state index contributed by atoms with van der Waals surface area (Å²) in [6.45, 7) is 0.302. The molecule has 0 unspecified atom stereocenters. The highest BCUT2D eigenvalue weighted by atomic mass is 32.2. The molecule has 3 rings (SSSR count). The summed E-state index contributed by atoms with van der Waals surface area (Å²) in [5.74, 6) is -0.943. The molecule has 0 radical (unpaired) electrons. The molecule has 0 spiro atoms. The quantitative estimate of drug-likeness (QED) is 0.817. The third kappa shape index (κ3) is 4.17. The van der Waals surface area contributed by atoms with Crippen molar-refractivity contribution in [1.29, 1.82) is 0 Å². The number of carbonyl (C=O) groups is 2. The van der Waals surface area contributed by atoms with Gasteiger partial charge in [0.05, 0.1) is 4.90 Å². The minimum absolute atomic E-state index is 0.176. The van der Waals surface area contributed by atoms with Gasteiger partial charge in [-0.05, 0) is 49.2 Å². The number of benzene rings is 2.